The van der Waals surface area contributed by atoms with E-state index >= 15 is 0 Å². The van der Waals surface area contributed by atoms with Crippen molar-refractivity contribution < 1.29 is 25.1 Å². The molecule has 0 amide bonds. The first-order valence-electron chi connectivity index (χ1n) is 37.3. The molecule has 85 heavy (non-hydrogen) atoms. The van der Waals surface area contributed by atoms with Crippen LogP contribution < -0.4 is 0 Å². The van der Waals surface area contributed by atoms with E-state index in [4.69, 9.17) is 0 Å². The molecule has 0 atom stereocenters. The van der Waals surface area contributed by atoms with Gasteiger partial charge in [0.15, 0.2) is 0 Å². The number of aryl methyl sites for hydroxylation is 2. The molecule has 3 rings (SSSR count). The number of nitrogens with zero attached hydrogens (tertiary/aromatic N) is 2. The Labute approximate surface area is 546 Å². The van der Waals surface area contributed by atoms with Crippen molar-refractivity contribution in [2.75, 3.05) is 0 Å². The second-order valence-electron chi connectivity index (χ2n) is 25.5. The maximum Gasteiger partial charge on any atom is 2.00 e. The van der Waals surface area contributed by atoms with E-state index in [1.807, 2.05) is 0 Å². The second kappa shape index (κ2) is 64.5. The summed E-state index contributed by atoms with van der Waals surface area (Å²) in [6, 6.07) is 17.6. The maximum atomic E-state index is 12.4. The molecule has 2 aromatic rings. The molecule has 1 aliphatic rings. The van der Waals surface area contributed by atoms with E-state index in [1.165, 1.54) is 318 Å². The minimum absolute atomic E-state index is 0. The largest absolute Gasteiger partial charge is 2.00 e. The minimum Gasteiger partial charge on any atom is -0.493 e. The van der Waals surface area contributed by atoms with Crippen molar-refractivity contribution in [2.45, 2.75) is 388 Å². The van der Waals surface area contributed by atoms with Crippen LogP contribution in [0.15, 0.2) is 71.8 Å². The van der Waals surface area contributed by atoms with Gasteiger partial charge in [0.2, 0.25) is 11.4 Å². The van der Waals surface area contributed by atoms with Crippen molar-refractivity contribution in [3.63, 3.8) is 0 Å². The Morgan fingerprint density at radius 1 is 0.388 bits per heavy atom. The van der Waals surface area contributed by atoms with Gasteiger partial charge < -0.3 is 19.4 Å². The van der Waals surface area contributed by atoms with E-state index in [9.17, 15) is 5.53 Å². The number of hydrogen-bond acceptors (Lipinski definition) is 0. The number of benzene rings is 2. The normalized spacial score (nSPS) is 12.1. The Bertz CT molecular complexity index is 1910. The molecule has 1 aliphatic heterocycles. The Kier molecular flexibility index (Phi) is 62.6. The van der Waals surface area contributed by atoms with Crippen LogP contribution in [-0.2, 0) is 26.8 Å². The second-order valence-corrected chi connectivity index (χ2v) is 25.5. The van der Waals surface area contributed by atoms with E-state index in [2.05, 4.69) is 128 Å². The standard InChI is InChI=1S/C74H122N2.2C4H9.Pd/c1-5-8-11-14-16-18-20-22-24-26-28-29-30-31-32-33-34-35-36-38-39-41-43-45-47-49-51-53-58-68-59-56-57-60-70(68)74-72(71(61-54-13-10-7-3)73(76(74)75)69-65-63-67(4)64-66-69)62-55-52-50-48-46-44-42-40-37-27-25-23-21-19-17-15-12-9-6-2;2*1-3-4-2;/h55-57,59-60,62-66H,5-48,50,52-54,58,61H2,1-4H3;2*1,3-4H2,2H3;/q;2*-1;+2. The van der Waals surface area contributed by atoms with Crippen LogP contribution in [0.1, 0.15) is 397 Å². The maximum absolute atomic E-state index is 12.4. The Morgan fingerprint density at radius 3 is 1.12 bits per heavy atom. The van der Waals surface area contributed by atoms with Crippen molar-refractivity contribution in [3.8, 4) is 11.8 Å². The van der Waals surface area contributed by atoms with E-state index in [1.54, 1.807) is 4.70 Å². The monoisotopic (exact) mass is 1260 g/mol. The fourth-order valence-electron chi connectivity index (χ4n) is 11.8. The van der Waals surface area contributed by atoms with Crippen molar-refractivity contribution in [1.82, 2.24) is 0 Å². The first-order valence-corrected chi connectivity index (χ1v) is 37.3. The van der Waals surface area contributed by atoms with Crippen LogP contribution in [0.5, 0.6) is 0 Å². The van der Waals surface area contributed by atoms with E-state index in [0.717, 1.165) is 73.9 Å². The van der Waals surface area contributed by atoms with Gasteiger partial charge in [0.1, 0.15) is 0 Å². The van der Waals surface area contributed by atoms with Crippen molar-refractivity contribution in [3.05, 3.63) is 113 Å². The molecule has 2 aromatic carbocycles. The average molecular weight is 1260 g/mol. The third-order valence-electron chi connectivity index (χ3n) is 17.4. The zero-order valence-corrected chi connectivity index (χ0v) is 59.1. The minimum atomic E-state index is 0. The fraction of sp³-hybridized carbons (Fsp3) is 0.732. The number of unbranched alkanes of at least 4 members (excludes halogenated alkanes) is 46. The Morgan fingerprint density at radius 2 is 0.729 bits per heavy atom. The third kappa shape index (κ3) is 46.3. The van der Waals surface area contributed by atoms with Gasteiger partial charge in [-0.2, -0.15) is 12.8 Å². The summed E-state index contributed by atoms with van der Waals surface area (Å²) in [6.45, 7) is 20.5. The van der Waals surface area contributed by atoms with Crippen molar-refractivity contribution >= 4 is 11.4 Å². The summed E-state index contributed by atoms with van der Waals surface area (Å²) >= 11 is 0. The summed E-state index contributed by atoms with van der Waals surface area (Å²) in [6.07, 6.45) is 77.1. The number of rotatable bonds is 54. The predicted octanol–water partition coefficient (Wildman–Crippen LogP) is 28.7. The van der Waals surface area contributed by atoms with E-state index < -0.39 is 0 Å². The molecular formula is C82H140N2Pd. The quantitative estimate of drug-likeness (QED) is 0.0207. The van der Waals surface area contributed by atoms with Crippen molar-refractivity contribution in [2.24, 2.45) is 0 Å². The van der Waals surface area contributed by atoms with Crippen LogP contribution in [0.4, 0.5) is 0 Å². The number of allylic oxidation sites excluding steroid dienone is 4. The molecule has 1 heterocycles. The molecule has 2 nitrogen and oxygen atoms in total. The molecule has 0 fully saturated rings. The topological polar surface area (TPSA) is 25.3 Å². The van der Waals surface area contributed by atoms with Gasteiger partial charge in [-0.05, 0) is 69.2 Å². The van der Waals surface area contributed by atoms with Crippen molar-refractivity contribution in [1.29, 1.82) is 0 Å². The summed E-state index contributed by atoms with van der Waals surface area (Å²) < 4.78 is 1.56. The van der Waals surface area contributed by atoms with Crippen LogP contribution in [0.2, 0.25) is 0 Å². The van der Waals surface area contributed by atoms with Gasteiger partial charge in [0.05, 0.1) is 5.57 Å². The molecular weight excluding hydrogens is 1120 g/mol. The van der Waals surface area contributed by atoms with Crippen LogP contribution in [0.3, 0.4) is 0 Å². The van der Waals surface area contributed by atoms with Gasteiger partial charge in [-0.3, -0.25) is 0 Å². The first kappa shape index (κ1) is 82.5. The summed E-state index contributed by atoms with van der Waals surface area (Å²) in [5, 5.41) is 0. The molecule has 0 unspecified atom stereocenters. The molecule has 0 radical (unpaired) electrons. The van der Waals surface area contributed by atoms with Gasteiger partial charge in [-0.15, -0.1) is 11.8 Å². The van der Waals surface area contributed by atoms with E-state index in [0.29, 0.717) is 0 Å². The molecule has 0 N–H and O–H groups in total. The predicted molar refractivity (Wildman–Crippen MR) is 379 cm³/mol. The molecule has 3 heteroatoms. The third-order valence-corrected chi connectivity index (χ3v) is 17.4. The zero-order chi connectivity index (χ0) is 60.9. The molecule has 0 saturated carbocycles. The fourth-order valence-corrected chi connectivity index (χ4v) is 11.8. The first-order chi connectivity index (χ1) is 41.4. The molecule has 0 spiro atoms. The van der Waals surface area contributed by atoms with Gasteiger partial charge in [0.25, 0.3) is 0 Å². The van der Waals surface area contributed by atoms with Crippen LogP contribution in [0.25, 0.3) is 16.9 Å². The van der Waals surface area contributed by atoms with Gasteiger partial charge in [-0.25, -0.2) is 4.70 Å². The van der Waals surface area contributed by atoms with Gasteiger partial charge >= 0.3 is 20.4 Å². The summed E-state index contributed by atoms with van der Waals surface area (Å²) in [5.41, 5.74) is 21.5. The van der Waals surface area contributed by atoms with Crippen LogP contribution in [0, 0.1) is 32.6 Å². The molecule has 0 aromatic heterocycles. The summed E-state index contributed by atoms with van der Waals surface area (Å²) in [5.74, 6) is 7.09. The van der Waals surface area contributed by atoms with Crippen LogP contribution >= 0.6 is 0 Å². The summed E-state index contributed by atoms with van der Waals surface area (Å²) in [7, 11) is 0. The zero-order valence-electron chi connectivity index (χ0n) is 57.6. The summed E-state index contributed by atoms with van der Waals surface area (Å²) in [4.78, 5) is 0. The SMILES string of the molecule is CCCCCCCCCCCCCCCCCCCC=CC1=C(c2ccccc2CCC#CCCCCCCCCCCCCCCCCCCCCCCCCCC)[N+](=[N-])C(c2ccc(C)cc2)=C1CCCCCC.[CH2-]CCC.[CH2-]CCC.[Pd+2]. The smallest absolute Gasteiger partial charge is 0.493 e. The Hall–Kier alpha value is -2.52. The molecule has 0 saturated heterocycles. The average Bonchev–Trinajstić information content (AvgIpc) is 1.94. The molecule has 488 valence electrons. The van der Waals surface area contributed by atoms with Gasteiger partial charge in [-0.1, -0.05) is 365 Å². The van der Waals surface area contributed by atoms with Gasteiger partial charge in [0, 0.05) is 29.5 Å². The van der Waals surface area contributed by atoms with E-state index in [-0.39, 0.29) is 20.4 Å². The number of hydrogen-bond donors (Lipinski definition) is 0. The molecule has 0 aliphatic carbocycles. The van der Waals surface area contributed by atoms with Crippen LogP contribution in [-0.4, -0.2) is 4.70 Å². The molecule has 0 bridgehead atoms. The Balaban J connectivity index is 0.00000734.